The molecule has 0 bridgehead atoms. The number of nitrogens with two attached hydrogens (primary N) is 1. The lowest BCUT2D eigenvalue weighted by Crippen LogP contribution is -2.23. The molecule has 0 aliphatic rings. The number of thiazole rings is 1. The van der Waals surface area contributed by atoms with Crippen molar-refractivity contribution in [3.63, 3.8) is 0 Å². The largest absolute Gasteiger partial charge is 0.506 e. The molecule has 2 rings (SSSR count). The van der Waals surface area contributed by atoms with E-state index in [9.17, 15) is 13.5 Å². The van der Waals surface area contributed by atoms with E-state index < -0.39 is 10.0 Å². The number of hydrogen-bond acceptors (Lipinski definition) is 6. The number of aromatic hydroxyl groups is 1. The van der Waals surface area contributed by atoms with Gasteiger partial charge in [-0.25, -0.2) is 18.1 Å². The van der Waals surface area contributed by atoms with Crippen LogP contribution in [0.25, 0.3) is 0 Å². The van der Waals surface area contributed by atoms with E-state index in [2.05, 4.69) is 9.71 Å². The molecule has 4 N–H and O–H groups in total. The van der Waals surface area contributed by atoms with Gasteiger partial charge < -0.3 is 10.8 Å². The molecule has 0 unspecified atom stereocenters. The van der Waals surface area contributed by atoms with Gasteiger partial charge in [-0.2, -0.15) is 0 Å². The van der Waals surface area contributed by atoms with E-state index >= 15 is 0 Å². The first-order chi connectivity index (χ1) is 9.42. The molecule has 2 aromatic rings. The highest BCUT2D eigenvalue weighted by molar-refractivity contribution is 7.89. The molecule has 1 heterocycles. The fraction of sp³-hybridized carbons (Fsp3) is 0.250. The SMILES string of the molecule is CCc1cnc(CNS(=O)(=O)c2ccc(O)c(N)c2)s1. The first-order valence-corrected chi connectivity index (χ1v) is 8.24. The average Bonchev–Trinajstić information content (AvgIpc) is 2.87. The number of phenols is 1. The zero-order chi connectivity index (χ0) is 14.8. The number of hydrogen-bond donors (Lipinski definition) is 3. The van der Waals surface area contributed by atoms with Gasteiger partial charge in [-0.05, 0) is 24.6 Å². The van der Waals surface area contributed by atoms with E-state index in [4.69, 9.17) is 5.73 Å². The number of nitrogens with zero attached hydrogens (tertiary/aromatic N) is 1. The molecule has 0 fully saturated rings. The Balaban J connectivity index is 2.12. The Morgan fingerprint density at radius 2 is 2.20 bits per heavy atom. The molecule has 0 atom stereocenters. The summed E-state index contributed by atoms with van der Waals surface area (Å²) in [5.41, 5.74) is 5.52. The van der Waals surface area contributed by atoms with Gasteiger partial charge in [0.15, 0.2) is 0 Å². The maximum atomic E-state index is 12.1. The third-order valence-electron chi connectivity index (χ3n) is 2.67. The maximum Gasteiger partial charge on any atom is 0.241 e. The molecule has 8 heteroatoms. The van der Waals surface area contributed by atoms with Crippen molar-refractivity contribution in [3.05, 3.63) is 34.3 Å². The van der Waals surface area contributed by atoms with Crippen LogP contribution in [0.5, 0.6) is 5.75 Å². The first-order valence-electron chi connectivity index (χ1n) is 5.94. The van der Waals surface area contributed by atoms with Gasteiger partial charge in [0.2, 0.25) is 10.0 Å². The monoisotopic (exact) mass is 313 g/mol. The number of aromatic nitrogens is 1. The lowest BCUT2D eigenvalue weighted by atomic mass is 10.3. The van der Waals surface area contributed by atoms with Gasteiger partial charge in [-0.15, -0.1) is 11.3 Å². The van der Waals surface area contributed by atoms with Gasteiger partial charge >= 0.3 is 0 Å². The summed E-state index contributed by atoms with van der Waals surface area (Å²) in [5, 5.41) is 10.0. The Kier molecular flexibility index (Phi) is 4.26. The van der Waals surface area contributed by atoms with E-state index in [0.717, 1.165) is 11.3 Å². The normalized spacial score (nSPS) is 11.7. The highest BCUT2D eigenvalue weighted by Gasteiger charge is 2.16. The Morgan fingerprint density at radius 3 is 2.80 bits per heavy atom. The molecule has 0 spiro atoms. The quantitative estimate of drug-likeness (QED) is 0.572. The predicted molar refractivity (Wildman–Crippen MR) is 78.0 cm³/mol. The highest BCUT2D eigenvalue weighted by atomic mass is 32.2. The van der Waals surface area contributed by atoms with E-state index in [1.165, 1.54) is 29.5 Å². The van der Waals surface area contributed by atoms with Crippen LogP contribution < -0.4 is 10.5 Å². The number of sulfonamides is 1. The fourth-order valence-electron chi connectivity index (χ4n) is 1.53. The van der Waals surface area contributed by atoms with Crippen LogP contribution in [0.2, 0.25) is 0 Å². The zero-order valence-corrected chi connectivity index (χ0v) is 12.5. The van der Waals surface area contributed by atoms with Crippen LogP contribution in [0.1, 0.15) is 16.8 Å². The molecule has 0 amide bonds. The van der Waals surface area contributed by atoms with Crippen LogP contribution in [-0.4, -0.2) is 18.5 Å². The molecule has 1 aromatic carbocycles. The summed E-state index contributed by atoms with van der Waals surface area (Å²) in [5.74, 6) is -0.142. The number of nitrogens with one attached hydrogen (secondary N) is 1. The van der Waals surface area contributed by atoms with Crippen molar-refractivity contribution in [2.75, 3.05) is 5.73 Å². The summed E-state index contributed by atoms with van der Waals surface area (Å²) in [6, 6.07) is 3.77. The molecule has 20 heavy (non-hydrogen) atoms. The van der Waals surface area contributed by atoms with Crippen molar-refractivity contribution in [2.24, 2.45) is 0 Å². The van der Waals surface area contributed by atoms with Crippen LogP contribution >= 0.6 is 11.3 Å². The summed E-state index contributed by atoms with van der Waals surface area (Å²) in [6.07, 6.45) is 2.62. The van der Waals surface area contributed by atoms with Crippen LogP contribution in [-0.2, 0) is 23.0 Å². The summed E-state index contributed by atoms with van der Waals surface area (Å²) in [4.78, 5) is 5.26. The van der Waals surface area contributed by atoms with E-state index in [-0.39, 0.29) is 22.9 Å². The minimum absolute atomic E-state index is 0.0140. The topological polar surface area (TPSA) is 105 Å². The third-order valence-corrected chi connectivity index (χ3v) is 5.21. The first kappa shape index (κ1) is 14.8. The molecule has 6 nitrogen and oxygen atoms in total. The Labute approximate surface area is 121 Å². The van der Waals surface area contributed by atoms with E-state index in [1.54, 1.807) is 6.20 Å². The van der Waals surface area contributed by atoms with Crippen molar-refractivity contribution in [1.29, 1.82) is 0 Å². The molecular formula is C12H15N3O3S2. The predicted octanol–water partition coefficient (Wildman–Crippen LogP) is 1.47. The zero-order valence-electron chi connectivity index (χ0n) is 10.8. The third kappa shape index (κ3) is 3.27. The fourth-order valence-corrected chi connectivity index (χ4v) is 3.45. The molecule has 0 radical (unpaired) electrons. The standard InChI is InChI=1S/C12H15N3O3S2/c1-2-8-6-14-12(19-8)7-15-20(17,18)9-3-4-11(16)10(13)5-9/h3-6,15-16H,2,7,13H2,1H3. The number of rotatable bonds is 5. The molecule has 0 saturated heterocycles. The van der Waals surface area contributed by atoms with Gasteiger partial charge in [0.05, 0.1) is 17.1 Å². The van der Waals surface area contributed by atoms with Crippen molar-refractivity contribution in [2.45, 2.75) is 24.8 Å². The minimum atomic E-state index is -3.67. The minimum Gasteiger partial charge on any atom is -0.506 e. The van der Waals surface area contributed by atoms with Gasteiger partial charge in [0.25, 0.3) is 0 Å². The summed E-state index contributed by atoms with van der Waals surface area (Å²) >= 11 is 1.47. The van der Waals surface area contributed by atoms with Crippen molar-refractivity contribution >= 4 is 27.0 Å². The van der Waals surface area contributed by atoms with Gasteiger partial charge in [0.1, 0.15) is 10.8 Å². The molecule has 108 valence electrons. The molecule has 0 aliphatic heterocycles. The average molecular weight is 313 g/mol. The second-order valence-electron chi connectivity index (χ2n) is 4.12. The lowest BCUT2D eigenvalue weighted by molar-refractivity contribution is 0.477. The van der Waals surface area contributed by atoms with Crippen LogP contribution in [0.4, 0.5) is 5.69 Å². The van der Waals surface area contributed by atoms with Gasteiger partial charge in [0, 0.05) is 11.1 Å². The second kappa shape index (κ2) is 5.78. The number of aryl methyl sites for hydroxylation is 1. The Bertz CT molecular complexity index is 710. The summed E-state index contributed by atoms with van der Waals surface area (Å²) in [6.45, 7) is 2.15. The highest BCUT2D eigenvalue weighted by Crippen LogP contribution is 2.23. The van der Waals surface area contributed by atoms with Crippen LogP contribution in [0, 0.1) is 0 Å². The maximum absolute atomic E-state index is 12.1. The van der Waals surface area contributed by atoms with Crippen molar-refractivity contribution in [1.82, 2.24) is 9.71 Å². The van der Waals surface area contributed by atoms with Crippen LogP contribution in [0.15, 0.2) is 29.3 Å². The molecule has 0 aliphatic carbocycles. The lowest BCUT2D eigenvalue weighted by Gasteiger charge is -2.06. The molecule has 0 saturated carbocycles. The Morgan fingerprint density at radius 1 is 1.45 bits per heavy atom. The van der Waals surface area contributed by atoms with Gasteiger partial charge in [-0.1, -0.05) is 6.92 Å². The summed E-state index contributed by atoms with van der Waals surface area (Å²) < 4.78 is 26.6. The molecule has 1 aromatic heterocycles. The second-order valence-corrected chi connectivity index (χ2v) is 7.09. The number of benzene rings is 1. The number of nitrogen functional groups attached to an aromatic ring is 1. The number of anilines is 1. The van der Waals surface area contributed by atoms with E-state index in [0.29, 0.717) is 5.01 Å². The van der Waals surface area contributed by atoms with Crippen molar-refractivity contribution < 1.29 is 13.5 Å². The Hall–Kier alpha value is -1.64. The molecular weight excluding hydrogens is 298 g/mol. The van der Waals surface area contributed by atoms with Crippen LogP contribution in [0.3, 0.4) is 0 Å². The van der Waals surface area contributed by atoms with E-state index in [1.807, 2.05) is 6.92 Å². The van der Waals surface area contributed by atoms with Gasteiger partial charge in [-0.3, -0.25) is 0 Å². The summed E-state index contributed by atoms with van der Waals surface area (Å²) in [7, 11) is -3.67. The smallest absolute Gasteiger partial charge is 0.241 e. The van der Waals surface area contributed by atoms with Crippen molar-refractivity contribution in [3.8, 4) is 5.75 Å². The number of phenolic OH excluding ortho intramolecular Hbond substituents is 1.